The quantitative estimate of drug-likeness (QED) is 0.853. The summed E-state index contributed by atoms with van der Waals surface area (Å²) in [5.74, 6) is 0. The van der Waals surface area contributed by atoms with E-state index in [1.54, 1.807) is 12.1 Å². The highest BCUT2D eigenvalue weighted by Gasteiger charge is 2.20. The molecule has 1 aromatic heterocycles. The molecule has 1 aliphatic carbocycles. The molecule has 0 bridgehead atoms. The first kappa shape index (κ1) is 13.3. The molecule has 0 aliphatic heterocycles. The Morgan fingerprint density at radius 3 is 2.85 bits per heavy atom. The zero-order valence-corrected chi connectivity index (χ0v) is 11.9. The maximum atomic E-state index is 12.3. The number of fused-ring (bicyclic) bond motifs is 1. The molecule has 1 fully saturated rings. The van der Waals surface area contributed by atoms with Crippen LogP contribution in [0.1, 0.15) is 12.8 Å². The van der Waals surface area contributed by atoms with E-state index in [4.69, 9.17) is 0 Å². The minimum atomic E-state index is -0.225. The smallest absolute Gasteiger partial charge is 0.310 e. The van der Waals surface area contributed by atoms with Gasteiger partial charge in [0.2, 0.25) is 0 Å². The van der Waals surface area contributed by atoms with E-state index in [1.807, 2.05) is 12.1 Å². The van der Waals surface area contributed by atoms with Gasteiger partial charge in [0.1, 0.15) is 0 Å². The Bertz CT molecular complexity index is 771. The van der Waals surface area contributed by atoms with Gasteiger partial charge in [0.25, 0.3) is 5.56 Å². The number of nitrogens with one attached hydrogen (secondary N) is 1. The van der Waals surface area contributed by atoms with Crippen LogP contribution in [0.5, 0.6) is 0 Å². The van der Waals surface area contributed by atoms with E-state index >= 15 is 0 Å². The van der Waals surface area contributed by atoms with Gasteiger partial charge in [0.15, 0.2) is 0 Å². The average Bonchev–Trinajstić information content (AvgIpc) is 3.25. The summed E-state index contributed by atoms with van der Waals surface area (Å²) in [5.41, 5.74) is 0.635. The summed E-state index contributed by atoms with van der Waals surface area (Å²) in [7, 11) is 0. The second-order valence-corrected chi connectivity index (χ2v) is 6.15. The van der Waals surface area contributed by atoms with Crippen molar-refractivity contribution in [1.29, 1.82) is 0 Å². The molecular weight excluding hydrogens is 272 g/mol. The van der Waals surface area contributed by atoms with Crippen molar-refractivity contribution in [2.45, 2.75) is 25.4 Å². The van der Waals surface area contributed by atoms with Crippen LogP contribution in [0.25, 0.3) is 10.1 Å². The van der Waals surface area contributed by atoms with Crippen molar-refractivity contribution in [2.75, 3.05) is 6.54 Å². The predicted molar refractivity (Wildman–Crippen MR) is 82.5 cm³/mol. The number of nitrogens with zero attached hydrogens (tertiary/aromatic N) is 1. The van der Waals surface area contributed by atoms with Crippen LogP contribution in [0.2, 0.25) is 0 Å². The van der Waals surface area contributed by atoms with Crippen LogP contribution in [0.15, 0.2) is 46.0 Å². The maximum absolute atomic E-state index is 12.3. The van der Waals surface area contributed by atoms with Crippen molar-refractivity contribution in [3.05, 3.63) is 56.4 Å². The van der Waals surface area contributed by atoms with Gasteiger partial charge in [0, 0.05) is 17.3 Å². The molecule has 1 aromatic carbocycles. The Balaban J connectivity index is 1.88. The standard InChI is InChI=1S/C15H16N2O2S/c1-10(8-16-11-6-7-11)9-17-14(18)12-4-2-3-5-13(12)20-15(17)19/h2-5,11,16H,1,6-9H2. The van der Waals surface area contributed by atoms with Crippen molar-refractivity contribution < 1.29 is 0 Å². The monoisotopic (exact) mass is 288 g/mol. The maximum Gasteiger partial charge on any atom is 0.310 e. The van der Waals surface area contributed by atoms with Gasteiger partial charge >= 0.3 is 4.87 Å². The number of benzene rings is 1. The molecule has 1 N–H and O–H groups in total. The van der Waals surface area contributed by atoms with Gasteiger partial charge in [-0.1, -0.05) is 30.0 Å². The van der Waals surface area contributed by atoms with Crippen LogP contribution in [0.4, 0.5) is 0 Å². The Labute approximate surface area is 120 Å². The fourth-order valence-corrected chi connectivity index (χ4v) is 2.96. The van der Waals surface area contributed by atoms with Crippen molar-refractivity contribution in [3.63, 3.8) is 0 Å². The minimum Gasteiger partial charge on any atom is -0.310 e. The van der Waals surface area contributed by atoms with Crippen LogP contribution in [0, 0.1) is 0 Å². The third kappa shape index (κ3) is 2.73. The normalized spacial score (nSPS) is 14.6. The van der Waals surface area contributed by atoms with Gasteiger partial charge in [-0.2, -0.15) is 0 Å². The topological polar surface area (TPSA) is 51.1 Å². The molecule has 1 heterocycles. The lowest BCUT2D eigenvalue weighted by Crippen LogP contribution is -2.33. The SMILES string of the molecule is C=C(CNC1CC1)Cn1c(=O)sc2ccccc2c1=O. The molecule has 0 atom stereocenters. The Hall–Kier alpha value is -1.72. The minimum absolute atomic E-state index is 0.221. The van der Waals surface area contributed by atoms with Gasteiger partial charge in [-0.15, -0.1) is 0 Å². The van der Waals surface area contributed by atoms with Crippen LogP contribution in [-0.2, 0) is 6.54 Å². The highest BCUT2D eigenvalue weighted by atomic mass is 32.1. The van der Waals surface area contributed by atoms with E-state index in [9.17, 15) is 9.59 Å². The molecule has 104 valence electrons. The Morgan fingerprint density at radius 1 is 1.35 bits per heavy atom. The zero-order chi connectivity index (χ0) is 14.1. The molecule has 1 aliphatic rings. The number of rotatable bonds is 5. The molecule has 1 saturated carbocycles. The van der Waals surface area contributed by atoms with Gasteiger partial charge in [-0.3, -0.25) is 14.2 Å². The largest absolute Gasteiger partial charge is 0.310 e. The van der Waals surface area contributed by atoms with E-state index in [0.29, 0.717) is 24.5 Å². The predicted octanol–water partition coefficient (Wildman–Crippen LogP) is 1.73. The van der Waals surface area contributed by atoms with E-state index < -0.39 is 0 Å². The zero-order valence-electron chi connectivity index (χ0n) is 11.1. The van der Waals surface area contributed by atoms with Gasteiger partial charge < -0.3 is 5.32 Å². The summed E-state index contributed by atoms with van der Waals surface area (Å²) < 4.78 is 2.02. The number of hydrogen-bond donors (Lipinski definition) is 1. The second kappa shape index (κ2) is 5.34. The molecule has 0 unspecified atom stereocenters. The summed E-state index contributed by atoms with van der Waals surface area (Å²) in [6.07, 6.45) is 2.41. The number of hydrogen-bond acceptors (Lipinski definition) is 4. The van der Waals surface area contributed by atoms with Crippen LogP contribution >= 0.6 is 11.3 Å². The highest BCUT2D eigenvalue weighted by molar-refractivity contribution is 7.16. The highest BCUT2D eigenvalue weighted by Crippen LogP contribution is 2.18. The molecule has 0 saturated heterocycles. The molecule has 0 spiro atoms. The Morgan fingerprint density at radius 2 is 2.10 bits per heavy atom. The molecule has 4 nitrogen and oxygen atoms in total. The first-order valence-corrected chi connectivity index (χ1v) is 7.49. The average molecular weight is 288 g/mol. The molecular formula is C15H16N2O2S. The van der Waals surface area contributed by atoms with Gasteiger partial charge in [-0.05, 0) is 30.5 Å². The summed E-state index contributed by atoms with van der Waals surface area (Å²) in [6.45, 7) is 4.91. The lowest BCUT2D eigenvalue weighted by atomic mass is 10.2. The van der Waals surface area contributed by atoms with Crippen molar-refractivity contribution >= 4 is 21.4 Å². The number of aromatic nitrogens is 1. The molecule has 3 rings (SSSR count). The molecule has 5 heteroatoms. The van der Waals surface area contributed by atoms with Crippen molar-refractivity contribution in [2.24, 2.45) is 0 Å². The third-order valence-electron chi connectivity index (χ3n) is 3.38. The first-order chi connectivity index (χ1) is 9.65. The fraction of sp³-hybridized carbons (Fsp3) is 0.333. The van der Waals surface area contributed by atoms with E-state index in [2.05, 4.69) is 11.9 Å². The molecule has 20 heavy (non-hydrogen) atoms. The first-order valence-electron chi connectivity index (χ1n) is 6.68. The van der Waals surface area contributed by atoms with Gasteiger partial charge in [0.05, 0.1) is 11.9 Å². The molecule has 0 radical (unpaired) electrons. The van der Waals surface area contributed by atoms with Crippen LogP contribution < -0.4 is 15.7 Å². The second-order valence-electron chi connectivity index (χ2n) is 5.16. The lowest BCUT2D eigenvalue weighted by Gasteiger charge is -2.09. The van der Waals surface area contributed by atoms with E-state index in [1.165, 1.54) is 17.4 Å². The molecule has 0 amide bonds. The summed E-state index contributed by atoms with van der Waals surface area (Å²) in [5, 5.41) is 3.94. The van der Waals surface area contributed by atoms with Crippen molar-refractivity contribution in [3.8, 4) is 0 Å². The third-order valence-corrected chi connectivity index (χ3v) is 4.35. The van der Waals surface area contributed by atoms with Crippen LogP contribution in [0.3, 0.4) is 0 Å². The molecule has 2 aromatic rings. The van der Waals surface area contributed by atoms with Gasteiger partial charge in [-0.25, -0.2) is 0 Å². The summed E-state index contributed by atoms with van der Waals surface area (Å²) in [6, 6.07) is 7.80. The van der Waals surface area contributed by atoms with E-state index in [-0.39, 0.29) is 10.4 Å². The fourth-order valence-electron chi connectivity index (χ4n) is 2.10. The van der Waals surface area contributed by atoms with E-state index in [0.717, 1.165) is 21.6 Å². The summed E-state index contributed by atoms with van der Waals surface area (Å²) in [4.78, 5) is 24.2. The van der Waals surface area contributed by atoms with Crippen LogP contribution in [-0.4, -0.2) is 17.2 Å². The van der Waals surface area contributed by atoms with Crippen molar-refractivity contribution in [1.82, 2.24) is 9.88 Å². The Kier molecular flexibility index (Phi) is 3.54. The lowest BCUT2D eigenvalue weighted by molar-refractivity contribution is 0.667. The summed E-state index contributed by atoms with van der Waals surface area (Å²) >= 11 is 1.11.